The van der Waals surface area contributed by atoms with Gasteiger partial charge in [-0.2, -0.15) is 0 Å². The quantitative estimate of drug-likeness (QED) is 0.496. The van der Waals surface area contributed by atoms with Crippen LogP contribution in [-0.4, -0.2) is 24.6 Å². The van der Waals surface area contributed by atoms with Crippen molar-refractivity contribution < 1.29 is 0 Å². The molecule has 0 aromatic heterocycles. The third kappa shape index (κ3) is 10.2. The molecule has 0 atom stereocenters. The standard InChI is InChI=1S/C5H10Cl2.Ga.3H/c1-2-3-4-5(6)7;;;;/h5H,2-4H2,1H3;;;;. The van der Waals surface area contributed by atoms with E-state index in [1.54, 1.807) is 0 Å². The summed E-state index contributed by atoms with van der Waals surface area (Å²) in [4.78, 5) is -0.153. The maximum atomic E-state index is 5.42. The summed E-state index contributed by atoms with van der Waals surface area (Å²) >= 11 is 10.8. The zero-order valence-electron chi connectivity index (χ0n) is 4.45. The van der Waals surface area contributed by atoms with Crippen LogP contribution in [0.2, 0.25) is 0 Å². The Labute approximate surface area is 74.0 Å². The molecule has 0 radical (unpaired) electrons. The van der Waals surface area contributed by atoms with E-state index < -0.39 is 0 Å². The molecule has 8 heavy (non-hydrogen) atoms. The Morgan fingerprint density at radius 1 is 1.38 bits per heavy atom. The Morgan fingerprint density at radius 2 is 1.88 bits per heavy atom. The van der Waals surface area contributed by atoms with Gasteiger partial charge in [0, 0.05) is 0 Å². The van der Waals surface area contributed by atoms with Crippen LogP contribution in [0.15, 0.2) is 0 Å². The molecule has 0 bridgehead atoms. The van der Waals surface area contributed by atoms with Crippen LogP contribution >= 0.6 is 23.2 Å². The number of alkyl halides is 2. The first-order valence-electron chi connectivity index (χ1n) is 2.55. The van der Waals surface area contributed by atoms with Gasteiger partial charge in [-0.25, -0.2) is 0 Å². The number of hydrogen-bond donors (Lipinski definition) is 0. The molecule has 50 valence electrons. The van der Waals surface area contributed by atoms with Crippen molar-refractivity contribution >= 4 is 43.0 Å². The third-order valence-electron chi connectivity index (χ3n) is 0.776. The number of rotatable bonds is 3. The van der Waals surface area contributed by atoms with E-state index in [1.165, 1.54) is 6.42 Å². The summed E-state index contributed by atoms with van der Waals surface area (Å²) < 4.78 is 0. The van der Waals surface area contributed by atoms with Crippen LogP contribution in [0, 0.1) is 0 Å². The second-order valence-electron chi connectivity index (χ2n) is 1.53. The van der Waals surface area contributed by atoms with Crippen LogP contribution in [-0.2, 0) is 0 Å². The summed E-state index contributed by atoms with van der Waals surface area (Å²) in [5, 5.41) is 0. The Bertz CT molecular complexity index is 39.4. The molecule has 0 nitrogen and oxygen atoms in total. The SMILES string of the molecule is CCCCC(Cl)Cl.[GaH3]. The monoisotopic (exact) mass is 212 g/mol. The Balaban J connectivity index is 0. The zero-order chi connectivity index (χ0) is 5.70. The molecule has 0 heterocycles. The molecule has 0 saturated carbocycles. The first-order valence-corrected chi connectivity index (χ1v) is 3.42. The van der Waals surface area contributed by atoms with Crippen molar-refractivity contribution in [2.45, 2.75) is 31.0 Å². The summed E-state index contributed by atoms with van der Waals surface area (Å²) in [6.07, 6.45) is 3.24. The summed E-state index contributed by atoms with van der Waals surface area (Å²) in [5.41, 5.74) is 0. The summed E-state index contributed by atoms with van der Waals surface area (Å²) in [6, 6.07) is 0. The molecule has 0 aromatic carbocycles. The van der Waals surface area contributed by atoms with Crippen LogP contribution in [0.5, 0.6) is 0 Å². The molecule has 0 aliphatic carbocycles. The van der Waals surface area contributed by atoms with Gasteiger partial charge in [0.2, 0.25) is 0 Å². The predicted molar refractivity (Wildman–Crippen MR) is 45.0 cm³/mol. The van der Waals surface area contributed by atoms with Crippen LogP contribution < -0.4 is 0 Å². The third-order valence-corrected chi connectivity index (χ3v) is 1.21. The van der Waals surface area contributed by atoms with Crippen molar-refractivity contribution in [2.75, 3.05) is 0 Å². The van der Waals surface area contributed by atoms with Gasteiger partial charge in [0.15, 0.2) is 0 Å². The number of halogens is 2. The minimum absolute atomic E-state index is 0. The molecule has 0 spiro atoms. The molecule has 0 aliphatic rings. The second kappa shape index (κ2) is 8.22. The fourth-order valence-corrected chi connectivity index (χ4v) is 0.667. The van der Waals surface area contributed by atoms with Crippen molar-refractivity contribution in [3.8, 4) is 0 Å². The van der Waals surface area contributed by atoms with E-state index in [2.05, 4.69) is 6.92 Å². The van der Waals surface area contributed by atoms with Crippen molar-refractivity contribution in [2.24, 2.45) is 0 Å². The van der Waals surface area contributed by atoms with E-state index in [0.717, 1.165) is 12.8 Å². The molecule has 3 heteroatoms. The molecular formula is C5H13Cl2Ga. The molecule has 0 N–H and O–H groups in total. The average Bonchev–Trinajstić information content (AvgIpc) is 1.61. The van der Waals surface area contributed by atoms with Gasteiger partial charge < -0.3 is 0 Å². The first kappa shape index (κ1) is 11.9. The van der Waals surface area contributed by atoms with Gasteiger partial charge in [-0.05, 0) is 6.42 Å². The molecule has 0 aliphatic heterocycles. The Hall–Kier alpha value is 1.22. The predicted octanol–water partition coefficient (Wildman–Crippen LogP) is 1.80. The number of hydrogen-bond acceptors (Lipinski definition) is 0. The fourth-order valence-electron chi connectivity index (χ4n) is 0.358. The molecule has 0 aromatic rings. The van der Waals surface area contributed by atoms with Gasteiger partial charge in [-0.1, -0.05) is 19.8 Å². The second-order valence-corrected chi connectivity index (χ2v) is 2.81. The summed E-state index contributed by atoms with van der Waals surface area (Å²) in [7, 11) is 0. The molecular weight excluding hydrogens is 201 g/mol. The van der Waals surface area contributed by atoms with E-state index in [-0.39, 0.29) is 24.6 Å². The van der Waals surface area contributed by atoms with Gasteiger partial charge in [0.25, 0.3) is 0 Å². The average molecular weight is 214 g/mol. The summed E-state index contributed by atoms with van der Waals surface area (Å²) in [6.45, 7) is 2.12. The fraction of sp³-hybridized carbons (Fsp3) is 1.00. The van der Waals surface area contributed by atoms with Crippen LogP contribution in [0.3, 0.4) is 0 Å². The van der Waals surface area contributed by atoms with Gasteiger partial charge in [-0.3, -0.25) is 0 Å². The van der Waals surface area contributed by atoms with E-state index >= 15 is 0 Å². The van der Waals surface area contributed by atoms with E-state index in [0.29, 0.717) is 0 Å². The van der Waals surface area contributed by atoms with Crippen molar-refractivity contribution in [3.63, 3.8) is 0 Å². The topological polar surface area (TPSA) is 0 Å². The Kier molecular flexibility index (Phi) is 12.3. The van der Waals surface area contributed by atoms with Crippen LogP contribution in [0.1, 0.15) is 26.2 Å². The van der Waals surface area contributed by atoms with Crippen molar-refractivity contribution in [3.05, 3.63) is 0 Å². The first-order chi connectivity index (χ1) is 3.27. The number of unbranched alkanes of at least 4 members (excludes halogenated alkanes) is 1. The normalized spacial score (nSPS) is 9.00. The minimum atomic E-state index is -0.153. The molecule has 0 unspecified atom stereocenters. The van der Waals surface area contributed by atoms with E-state index in [4.69, 9.17) is 23.2 Å². The van der Waals surface area contributed by atoms with Gasteiger partial charge in [0.05, 0.1) is 0 Å². The van der Waals surface area contributed by atoms with Crippen molar-refractivity contribution in [1.29, 1.82) is 0 Å². The van der Waals surface area contributed by atoms with Crippen LogP contribution in [0.25, 0.3) is 0 Å². The zero-order valence-corrected chi connectivity index (χ0v) is 5.97. The summed E-state index contributed by atoms with van der Waals surface area (Å²) in [5.74, 6) is 0. The van der Waals surface area contributed by atoms with Gasteiger partial charge in [0.1, 0.15) is 4.84 Å². The molecule has 0 saturated heterocycles. The molecule has 0 fully saturated rings. The van der Waals surface area contributed by atoms with E-state index in [9.17, 15) is 0 Å². The van der Waals surface area contributed by atoms with Crippen LogP contribution in [0.4, 0.5) is 0 Å². The van der Waals surface area contributed by atoms with Crippen molar-refractivity contribution in [1.82, 2.24) is 0 Å². The molecule has 0 rings (SSSR count). The maximum absolute atomic E-state index is 5.42. The molecule has 0 amide bonds. The van der Waals surface area contributed by atoms with E-state index in [1.807, 2.05) is 0 Å². The van der Waals surface area contributed by atoms with Gasteiger partial charge >= 0.3 is 19.8 Å². The Morgan fingerprint density at radius 3 is 2.00 bits per heavy atom. The van der Waals surface area contributed by atoms with Gasteiger partial charge in [-0.15, -0.1) is 23.2 Å².